The third-order valence-corrected chi connectivity index (χ3v) is 3.82. The summed E-state index contributed by atoms with van der Waals surface area (Å²) in [6, 6.07) is 14.9. The van der Waals surface area contributed by atoms with Gasteiger partial charge in [-0.3, -0.25) is 5.01 Å². The predicted molar refractivity (Wildman–Crippen MR) is 85.6 cm³/mol. The van der Waals surface area contributed by atoms with Crippen molar-refractivity contribution in [2.24, 2.45) is 5.10 Å². The zero-order chi connectivity index (χ0) is 14.1. The molecule has 2 aromatic rings. The van der Waals surface area contributed by atoms with Gasteiger partial charge in [0.15, 0.2) is 0 Å². The molecule has 0 bridgehead atoms. The molecule has 102 valence electrons. The van der Waals surface area contributed by atoms with Crippen LogP contribution in [0.4, 0.5) is 5.69 Å². The van der Waals surface area contributed by atoms with Crippen LogP contribution in [0.15, 0.2) is 47.6 Å². The molecule has 1 aliphatic rings. The average Bonchev–Trinajstić information content (AvgIpc) is 2.88. The van der Waals surface area contributed by atoms with Crippen molar-refractivity contribution in [2.75, 3.05) is 11.6 Å². The molecule has 0 fully saturated rings. The first kappa shape index (κ1) is 12.9. The van der Waals surface area contributed by atoms with E-state index in [1.54, 1.807) is 0 Å². The summed E-state index contributed by atoms with van der Waals surface area (Å²) in [5, 5.41) is 6.94. The molecule has 0 aliphatic carbocycles. The maximum Gasteiger partial charge on any atom is 0.0705 e. The molecule has 1 heterocycles. The Morgan fingerprint density at radius 3 is 2.25 bits per heavy atom. The molecule has 1 aliphatic heterocycles. The molecule has 2 heteroatoms. The van der Waals surface area contributed by atoms with Crippen LogP contribution in [0.25, 0.3) is 0 Å². The summed E-state index contributed by atoms with van der Waals surface area (Å²) in [7, 11) is 0. The number of hydrogen-bond acceptors (Lipinski definition) is 2. The molecule has 0 aromatic heterocycles. The first-order valence-corrected chi connectivity index (χ1v) is 7.13. The summed E-state index contributed by atoms with van der Waals surface area (Å²) < 4.78 is 0. The largest absolute Gasteiger partial charge is 0.265 e. The molecular weight excluding hydrogens is 244 g/mol. The van der Waals surface area contributed by atoms with Gasteiger partial charge in [-0.1, -0.05) is 35.9 Å². The fraction of sp³-hybridized carbons (Fsp3) is 0.278. The summed E-state index contributed by atoms with van der Waals surface area (Å²) in [6.45, 7) is 7.48. The second-order valence-electron chi connectivity index (χ2n) is 5.53. The molecule has 20 heavy (non-hydrogen) atoms. The Morgan fingerprint density at radius 2 is 1.60 bits per heavy atom. The monoisotopic (exact) mass is 264 g/mol. The van der Waals surface area contributed by atoms with E-state index in [0.29, 0.717) is 0 Å². The quantitative estimate of drug-likeness (QED) is 0.792. The number of anilines is 1. The normalized spacial score (nSPS) is 14.6. The fourth-order valence-corrected chi connectivity index (χ4v) is 3.05. The van der Waals surface area contributed by atoms with Crippen molar-refractivity contribution in [1.29, 1.82) is 0 Å². The lowest BCUT2D eigenvalue weighted by molar-refractivity contribution is 0.922. The van der Waals surface area contributed by atoms with Gasteiger partial charge in [-0.15, -0.1) is 0 Å². The van der Waals surface area contributed by atoms with Gasteiger partial charge in [0, 0.05) is 18.5 Å². The minimum atomic E-state index is 0.964. The number of hydrogen-bond donors (Lipinski definition) is 0. The highest BCUT2D eigenvalue weighted by atomic mass is 15.5. The van der Waals surface area contributed by atoms with Gasteiger partial charge in [0.05, 0.1) is 11.4 Å². The lowest BCUT2D eigenvalue weighted by atomic mass is 9.95. The van der Waals surface area contributed by atoms with Gasteiger partial charge in [-0.2, -0.15) is 5.10 Å². The number of aryl methyl sites for hydroxylation is 3. The third-order valence-electron chi connectivity index (χ3n) is 3.82. The van der Waals surface area contributed by atoms with E-state index < -0.39 is 0 Å². The van der Waals surface area contributed by atoms with E-state index in [4.69, 9.17) is 5.10 Å². The van der Waals surface area contributed by atoms with Crippen LogP contribution in [0.3, 0.4) is 0 Å². The van der Waals surface area contributed by atoms with Gasteiger partial charge in [0.2, 0.25) is 0 Å². The van der Waals surface area contributed by atoms with Crippen molar-refractivity contribution in [3.8, 4) is 0 Å². The Balaban J connectivity index is 1.97. The van der Waals surface area contributed by atoms with E-state index in [0.717, 1.165) is 13.0 Å². The van der Waals surface area contributed by atoms with E-state index in [9.17, 15) is 0 Å². The topological polar surface area (TPSA) is 15.6 Å². The lowest BCUT2D eigenvalue weighted by Gasteiger charge is -2.13. The van der Waals surface area contributed by atoms with Crippen LogP contribution in [-0.4, -0.2) is 12.3 Å². The van der Waals surface area contributed by atoms with E-state index in [2.05, 4.69) is 62.2 Å². The molecule has 0 N–H and O–H groups in total. The van der Waals surface area contributed by atoms with Gasteiger partial charge in [-0.05, 0) is 44.0 Å². The third kappa shape index (κ3) is 2.34. The summed E-state index contributed by atoms with van der Waals surface area (Å²) in [4.78, 5) is 0. The van der Waals surface area contributed by atoms with Gasteiger partial charge < -0.3 is 0 Å². The first-order valence-electron chi connectivity index (χ1n) is 7.13. The molecule has 0 saturated carbocycles. The van der Waals surface area contributed by atoms with Crippen molar-refractivity contribution in [3.05, 3.63) is 64.7 Å². The Morgan fingerprint density at radius 1 is 0.950 bits per heavy atom. The average molecular weight is 264 g/mol. The van der Waals surface area contributed by atoms with Crippen molar-refractivity contribution in [1.82, 2.24) is 0 Å². The number of rotatable bonds is 2. The van der Waals surface area contributed by atoms with E-state index in [1.165, 1.54) is 33.7 Å². The van der Waals surface area contributed by atoms with Gasteiger partial charge >= 0.3 is 0 Å². The minimum Gasteiger partial charge on any atom is -0.265 e. The molecule has 0 amide bonds. The van der Waals surface area contributed by atoms with Gasteiger partial charge in [0.1, 0.15) is 0 Å². The van der Waals surface area contributed by atoms with Crippen LogP contribution in [0.5, 0.6) is 0 Å². The summed E-state index contributed by atoms with van der Waals surface area (Å²) >= 11 is 0. The van der Waals surface area contributed by atoms with E-state index in [1.807, 2.05) is 6.07 Å². The molecule has 0 unspecified atom stereocenters. The zero-order valence-corrected chi connectivity index (χ0v) is 12.4. The number of para-hydroxylation sites is 1. The van der Waals surface area contributed by atoms with Crippen LogP contribution < -0.4 is 5.01 Å². The van der Waals surface area contributed by atoms with Crippen molar-refractivity contribution in [3.63, 3.8) is 0 Å². The zero-order valence-electron chi connectivity index (χ0n) is 12.4. The smallest absolute Gasteiger partial charge is 0.0705 e. The highest BCUT2D eigenvalue weighted by molar-refractivity contribution is 6.05. The molecule has 0 atom stereocenters. The van der Waals surface area contributed by atoms with Gasteiger partial charge in [-0.25, -0.2) is 0 Å². The SMILES string of the molecule is Cc1cc(C)c(C2=NN(c3ccccc3)CC2)c(C)c1. The molecule has 2 nitrogen and oxygen atoms in total. The molecule has 0 radical (unpaired) electrons. The second-order valence-corrected chi connectivity index (χ2v) is 5.53. The maximum absolute atomic E-state index is 4.83. The van der Waals surface area contributed by atoms with E-state index in [-0.39, 0.29) is 0 Å². The van der Waals surface area contributed by atoms with Crippen molar-refractivity contribution < 1.29 is 0 Å². The highest BCUT2D eigenvalue weighted by Crippen LogP contribution is 2.25. The van der Waals surface area contributed by atoms with Gasteiger partial charge in [0.25, 0.3) is 0 Å². The summed E-state index contributed by atoms with van der Waals surface area (Å²) in [5.41, 5.74) is 7.69. The Kier molecular flexibility index (Phi) is 3.31. The highest BCUT2D eigenvalue weighted by Gasteiger charge is 2.19. The molecule has 3 rings (SSSR count). The molecular formula is C18H20N2. The summed E-state index contributed by atoms with van der Waals surface area (Å²) in [6.07, 6.45) is 1.01. The van der Waals surface area contributed by atoms with Crippen LogP contribution in [-0.2, 0) is 0 Å². The lowest BCUT2D eigenvalue weighted by Crippen LogP contribution is -2.11. The minimum absolute atomic E-state index is 0.964. The summed E-state index contributed by atoms with van der Waals surface area (Å²) in [5.74, 6) is 0. The predicted octanol–water partition coefficient (Wildman–Crippen LogP) is 4.23. The van der Waals surface area contributed by atoms with Crippen LogP contribution in [0.2, 0.25) is 0 Å². The van der Waals surface area contributed by atoms with E-state index >= 15 is 0 Å². The second kappa shape index (κ2) is 5.12. The Labute approximate surface area is 120 Å². The number of hydrazone groups is 1. The first-order chi connectivity index (χ1) is 9.65. The Bertz CT molecular complexity index is 633. The molecule has 0 saturated heterocycles. The fourth-order valence-electron chi connectivity index (χ4n) is 3.05. The van der Waals surface area contributed by atoms with Crippen molar-refractivity contribution in [2.45, 2.75) is 27.2 Å². The maximum atomic E-state index is 4.83. The van der Waals surface area contributed by atoms with Crippen molar-refractivity contribution >= 4 is 11.4 Å². The number of nitrogens with zero attached hydrogens (tertiary/aromatic N) is 2. The van der Waals surface area contributed by atoms with Crippen LogP contribution in [0, 0.1) is 20.8 Å². The standard InChI is InChI=1S/C18H20N2/c1-13-11-14(2)18(15(3)12-13)17-9-10-20(19-17)16-7-5-4-6-8-16/h4-8,11-12H,9-10H2,1-3H3. The Hall–Kier alpha value is -2.09. The molecule has 2 aromatic carbocycles. The van der Waals surface area contributed by atoms with Crippen LogP contribution >= 0.6 is 0 Å². The number of benzene rings is 2. The molecule has 0 spiro atoms. The van der Waals surface area contributed by atoms with Crippen LogP contribution in [0.1, 0.15) is 28.7 Å².